The first kappa shape index (κ1) is 26.2. The maximum Gasteiger partial charge on any atom is 0.252 e. The van der Waals surface area contributed by atoms with Crippen molar-refractivity contribution in [1.82, 2.24) is 10.6 Å². The Morgan fingerprint density at radius 2 is 1.94 bits per heavy atom. The maximum absolute atomic E-state index is 12.9. The van der Waals surface area contributed by atoms with Crippen molar-refractivity contribution in [2.75, 3.05) is 19.6 Å². The van der Waals surface area contributed by atoms with Crippen LogP contribution < -0.4 is 10.6 Å². The molecule has 0 aromatic heterocycles. The van der Waals surface area contributed by atoms with E-state index in [1.165, 1.54) is 44.9 Å². The van der Waals surface area contributed by atoms with E-state index in [9.17, 15) is 9.90 Å². The molecule has 2 aliphatic carbocycles. The van der Waals surface area contributed by atoms with E-state index in [0.29, 0.717) is 16.0 Å². The van der Waals surface area contributed by atoms with Gasteiger partial charge in [-0.1, -0.05) is 50.8 Å². The van der Waals surface area contributed by atoms with Gasteiger partial charge in [-0.2, -0.15) is 0 Å². The molecule has 0 saturated heterocycles. The smallest absolute Gasteiger partial charge is 0.252 e. The SMILES string of the molecule is CC(C)(O)CCNCCCc1ccc(Cl)c(C(=O)NCC23CCCC(CCC2)C3)c1.[CH2]. The predicted molar refractivity (Wildman–Crippen MR) is 129 cm³/mol. The van der Waals surface area contributed by atoms with Gasteiger partial charge >= 0.3 is 0 Å². The summed E-state index contributed by atoms with van der Waals surface area (Å²) in [7, 11) is 0. The number of carbonyl (C=O) groups excluding carboxylic acids is 1. The second kappa shape index (κ2) is 11.7. The van der Waals surface area contributed by atoms with Crippen molar-refractivity contribution < 1.29 is 9.90 Å². The van der Waals surface area contributed by atoms with Crippen molar-refractivity contribution in [2.45, 2.75) is 83.7 Å². The summed E-state index contributed by atoms with van der Waals surface area (Å²) in [6.45, 7) is 6.14. The Hall–Kier alpha value is -1.10. The third kappa shape index (κ3) is 8.07. The number of hydrogen-bond acceptors (Lipinski definition) is 3. The molecule has 174 valence electrons. The van der Waals surface area contributed by atoms with Crippen LogP contribution >= 0.6 is 11.6 Å². The molecule has 2 radical (unpaired) electrons. The lowest BCUT2D eigenvalue weighted by atomic mass is 9.62. The van der Waals surface area contributed by atoms with Crippen LogP contribution in [0.5, 0.6) is 0 Å². The van der Waals surface area contributed by atoms with Gasteiger partial charge in [-0.05, 0) is 94.5 Å². The molecular formula is C26H41ClN2O2. The van der Waals surface area contributed by atoms with Crippen LogP contribution in [0.2, 0.25) is 5.02 Å². The number of aryl methyl sites for hydroxylation is 1. The highest BCUT2D eigenvalue weighted by Crippen LogP contribution is 2.48. The van der Waals surface area contributed by atoms with Gasteiger partial charge in [0, 0.05) is 6.54 Å². The number of benzene rings is 1. The fourth-order valence-corrected chi connectivity index (χ4v) is 5.48. The Labute approximate surface area is 194 Å². The van der Waals surface area contributed by atoms with E-state index in [2.05, 4.69) is 10.6 Å². The molecule has 1 aromatic carbocycles. The van der Waals surface area contributed by atoms with Gasteiger partial charge in [-0.15, -0.1) is 0 Å². The number of nitrogens with one attached hydrogen (secondary N) is 2. The summed E-state index contributed by atoms with van der Waals surface area (Å²) in [6, 6.07) is 5.82. The average molecular weight is 449 g/mol. The van der Waals surface area contributed by atoms with Crippen molar-refractivity contribution in [2.24, 2.45) is 11.3 Å². The van der Waals surface area contributed by atoms with Crippen molar-refractivity contribution >= 4 is 17.5 Å². The third-order valence-electron chi connectivity index (χ3n) is 6.99. The zero-order valence-corrected chi connectivity index (χ0v) is 20.2. The summed E-state index contributed by atoms with van der Waals surface area (Å²) in [5.74, 6) is 0.834. The molecule has 0 atom stereocenters. The number of fused-ring (bicyclic) bond motifs is 2. The Bertz CT molecular complexity index is 704. The molecule has 3 N–H and O–H groups in total. The lowest BCUT2D eigenvalue weighted by molar-refractivity contribution is 0.0681. The van der Waals surface area contributed by atoms with Gasteiger partial charge in [-0.25, -0.2) is 0 Å². The van der Waals surface area contributed by atoms with E-state index in [4.69, 9.17) is 11.6 Å². The summed E-state index contributed by atoms with van der Waals surface area (Å²) >= 11 is 6.36. The van der Waals surface area contributed by atoms with E-state index >= 15 is 0 Å². The largest absolute Gasteiger partial charge is 0.390 e. The first-order valence-corrected chi connectivity index (χ1v) is 12.1. The molecule has 1 aromatic rings. The zero-order valence-electron chi connectivity index (χ0n) is 19.4. The van der Waals surface area contributed by atoms with E-state index in [-0.39, 0.29) is 13.3 Å². The number of hydrogen-bond donors (Lipinski definition) is 3. The molecule has 3 rings (SSSR count). The third-order valence-corrected chi connectivity index (χ3v) is 7.32. The Morgan fingerprint density at radius 1 is 1.23 bits per heavy atom. The minimum absolute atomic E-state index is 0. The normalized spacial score (nSPS) is 23.2. The van der Waals surface area contributed by atoms with Gasteiger partial charge in [0.25, 0.3) is 5.91 Å². The quantitative estimate of drug-likeness (QED) is 0.417. The molecule has 2 saturated carbocycles. The van der Waals surface area contributed by atoms with E-state index < -0.39 is 5.60 Å². The van der Waals surface area contributed by atoms with Crippen LogP contribution in [0.3, 0.4) is 0 Å². The highest BCUT2D eigenvalue weighted by molar-refractivity contribution is 6.33. The Balaban J connectivity index is 0.00000341. The summed E-state index contributed by atoms with van der Waals surface area (Å²) in [6.07, 6.45) is 11.8. The van der Waals surface area contributed by atoms with E-state index in [1.807, 2.05) is 32.0 Å². The van der Waals surface area contributed by atoms with Crippen LogP contribution in [-0.4, -0.2) is 36.2 Å². The minimum atomic E-state index is -0.624. The van der Waals surface area contributed by atoms with Crippen molar-refractivity contribution in [3.05, 3.63) is 41.8 Å². The molecule has 2 fully saturated rings. The van der Waals surface area contributed by atoms with Crippen LogP contribution in [0.1, 0.15) is 87.6 Å². The fraction of sp³-hybridized carbons (Fsp3) is 0.692. The molecule has 0 aliphatic heterocycles. The number of amides is 1. The number of halogens is 1. The minimum Gasteiger partial charge on any atom is -0.390 e. The van der Waals surface area contributed by atoms with Gasteiger partial charge in [0.2, 0.25) is 0 Å². The van der Waals surface area contributed by atoms with E-state index in [1.54, 1.807) is 0 Å². The molecule has 2 aliphatic rings. The number of aliphatic hydroxyl groups is 1. The van der Waals surface area contributed by atoms with Gasteiger partial charge in [0.15, 0.2) is 0 Å². The monoisotopic (exact) mass is 448 g/mol. The molecule has 1 amide bonds. The molecule has 2 bridgehead atoms. The van der Waals surface area contributed by atoms with Gasteiger partial charge < -0.3 is 15.7 Å². The highest BCUT2D eigenvalue weighted by Gasteiger charge is 2.39. The molecule has 0 spiro atoms. The predicted octanol–water partition coefficient (Wildman–Crippen LogP) is 5.44. The second-order valence-corrected chi connectivity index (χ2v) is 10.7. The molecule has 31 heavy (non-hydrogen) atoms. The van der Waals surface area contributed by atoms with Crippen molar-refractivity contribution in [3.63, 3.8) is 0 Å². The summed E-state index contributed by atoms with van der Waals surface area (Å²) in [5, 5.41) is 16.9. The van der Waals surface area contributed by atoms with E-state index in [0.717, 1.165) is 50.4 Å². The van der Waals surface area contributed by atoms with Gasteiger partial charge in [-0.3, -0.25) is 4.79 Å². The zero-order chi connectivity index (χ0) is 21.6. The summed E-state index contributed by atoms with van der Waals surface area (Å²) in [4.78, 5) is 12.9. The lowest BCUT2D eigenvalue weighted by Gasteiger charge is -2.45. The average Bonchev–Trinajstić information content (AvgIpc) is 2.69. The van der Waals surface area contributed by atoms with Gasteiger partial charge in [0.1, 0.15) is 0 Å². The van der Waals surface area contributed by atoms with Crippen LogP contribution in [0.15, 0.2) is 18.2 Å². The first-order valence-electron chi connectivity index (χ1n) is 11.8. The summed E-state index contributed by atoms with van der Waals surface area (Å²) in [5.41, 5.74) is 1.43. The maximum atomic E-state index is 12.9. The number of carbonyl (C=O) groups is 1. The summed E-state index contributed by atoms with van der Waals surface area (Å²) < 4.78 is 0. The standard InChI is InChI=1S/C25H39ClN2O2.CH2/c1-24(2,30)13-15-27-14-5-8-19-9-10-22(26)21(16-19)23(29)28-18-25-11-3-6-20(17-25)7-4-12-25;/h9-10,16,20,27,30H,3-8,11-15,17-18H2,1-2H3,(H,28,29);1H2. The topological polar surface area (TPSA) is 61.4 Å². The van der Waals surface area contributed by atoms with Crippen LogP contribution in [0.25, 0.3) is 0 Å². The molecule has 0 heterocycles. The van der Waals surface area contributed by atoms with Crippen LogP contribution in [-0.2, 0) is 6.42 Å². The molecule has 5 heteroatoms. The second-order valence-electron chi connectivity index (χ2n) is 10.3. The highest BCUT2D eigenvalue weighted by atomic mass is 35.5. The Morgan fingerprint density at radius 3 is 2.61 bits per heavy atom. The fourth-order valence-electron chi connectivity index (χ4n) is 5.27. The molecule has 4 nitrogen and oxygen atoms in total. The van der Waals surface area contributed by atoms with Gasteiger partial charge in [0.05, 0.1) is 16.2 Å². The Kier molecular flexibility index (Phi) is 9.85. The van der Waals surface area contributed by atoms with Crippen LogP contribution in [0, 0.1) is 18.8 Å². The molecular weight excluding hydrogens is 408 g/mol. The van der Waals surface area contributed by atoms with Crippen molar-refractivity contribution in [1.29, 1.82) is 0 Å². The van der Waals surface area contributed by atoms with Crippen LogP contribution in [0.4, 0.5) is 0 Å². The molecule has 0 unspecified atom stereocenters. The first-order chi connectivity index (χ1) is 14.3. The number of rotatable bonds is 10. The van der Waals surface area contributed by atoms with Crippen molar-refractivity contribution in [3.8, 4) is 0 Å². The lowest BCUT2D eigenvalue weighted by Crippen LogP contribution is -2.43.